The lowest BCUT2D eigenvalue weighted by Gasteiger charge is -2.39. The first-order chi connectivity index (χ1) is 4.42. The van der Waals surface area contributed by atoms with Crippen molar-refractivity contribution in [2.75, 3.05) is 14.1 Å². The Kier molecular flexibility index (Phi) is 3.37. The van der Waals surface area contributed by atoms with Crippen molar-refractivity contribution in [3.8, 4) is 0 Å². The lowest BCUT2D eigenvalue weighted by atomic mass is 10.1. The fourth-order valence-electron chi connectivity index (χ4n) is 0.980. The van der Waals surface area contributed by atoms with Crippen LogP contribution < -0.4 is 0 Å². The highest BCUT2D eigenvalue weighted by Gasteiger charge is 2.25. The van der Waals surface area contributed by atoms with E-state index in [9.17, 15) is 0 Å². The highest BCUT2D eigenvalue weighted by Crippen LogP contribution is 2.14. The van der Waals surface area contributed by atoms with Crippen LogP contribution in [0.25, 0.3) is 0 Å². The third-order valence-electron chi connectivity index (χ3n) is 3.06. The van der Waals surface area contributed by atoms with E-state index >= 15 is 0 Å². The molecule has 1 atom stereocenters. The first kappa shape index (κ1) is 9.96. The molecular formula is C9H22N+. The normalized spacial score (nSPS) is 15.9. The molecule has 0 spiro atoms. The predicted octanol–water partition coefficient (Wildman–Crippen LogP) is 2.27. The Balaban J connectivity index is 4.09. The molecule has 1 nitrogen and oxygen atoms in total. The van der Waals surface area contributed by atoms with Gasteiger partial charge in [0, 0.05) is 0 Å². The Bertz CT molecular complexity index is 94.9. The van der Waals surface area contributed by atoms with E-state index in [1.54, 1.807) is 0 Å². The minimum Gasteiger partial charge on any atom is -0.324 e. The van der Waals surface area contributed by atoms with Gasteiger partial charge in [0.05, 0.1) is 26.2 Å². The van der Waals surface area contributed by atoms with Crippen LogP contribution in [0, 0.1) is 0 Å². The summed E-state index contributed by atoms with van der Waals surface area (Å²) in [6.07, 6.45) is 1.27. The minimum atomic E-state index is 0.731. The van der Waals surface area contributed by atoms with Gasteiger partial charge in [-0.15, -0.1) is 0 Å². The molecule has 0 rings (SSSR count). The number of hydrogen-bond acceptors (Lipinski definition) is 0. The molecule has 10 heavy (non-hydrogen) atoms. The Morgan fingerprint density at radius 3 is 1.60 bits per heavy atom. The molecule has 0 heterocycles. The summed E-state index contributed by atoms with van der Waals surface area (Å²) in [5.74, 6) is 0. The zero-order chi connectivity index (χ0) is 8.36. The van der Waals surface area contributed by atoms with Crippen LogP contribution in [0.4, 0.5) is 0 Å². The lowest BCUT2D eigenvalue weighted by molar-refractivity contribution is -0.933. The van der Waals surface area contributed by atoms with Crippen LogP contribution in [0.3, 0.4) is 0 Å². The fourth-order valence-corrected chi connectivity index (χ4v) is 0.980. The van der Waals surface area contributed by atoms with Crippen LogP contribution in [-0.2, 0) is 0 Å². The molecule has 0 radical (unpaired) electrons. The Hall–Kier alpha value is -0.0400. The van der Waals surface area contributed by atoms with Crippen molar-refractivity contribution in [2.45, 2.75) is 46.2 Å². The topological polar surface area (TPSA) is 0 Å². The van der Waals surface area contributed by atoms with Gasteiger partial charge >= 0.3 is 0 Å². The smallest absolute Gasteiger partial charge is 0.0856 e. The summed E-state index contributed by atoms with van der Waals surface area (Å²) in [5, 5.41) is 0. The highest BCUT2D eigenvalue weighted by molar-refractivity contribution is 4.49. The molecule has 0 amide bonds. The molecule has 0 aromatic carbocycles. The maximum atomic E-state index is 2.32. The van der Waals surface area contributed by atoms with Crippen LogP contribution in [0.2, 0.25) is 0 Å². The Labute approximate surface area is 65.6 Å². The molecule has 0 saturated carbocycles. The molecule has 0 aromatic heterocycles. The second-order valence-corrected chi connectivity index (χ2v) is 3.98. The van der Waals surface area contributed by atoms with Crippen molar-refractivity contribution in [1.82, 2.24) is 0 Å². The van der Waals surface area contributed by atoms with E-state index in [0.29, 0.717) is 0 Å². The first-order valence-corrected chi connectivity index (χ1v) is 4.26. The molecule has 0 aromatic rings. The molecule has 0 N–H and O–H groups in total. The summed E-state index contributed by atoms with van der Waals surface area (Å²) < 4.78 is 1.14. The molecular weight excluding hydrogens is 122 g/mol. The van der Waals surface area contributed by atoms with Gasteiger partial charge in [0.1, 0.15) is 0 Å². The second-order valence-electron chi connectivity index (χ2n) is 3.98. The largest absolute Gasteiger partial charge is 0.324 e. The van der Waals surface area contributed by atoms with Crippen LogP contribution in [0.1, 0.15) is 34.1 Å². The maximum Gasteiger partial charge on any atom is 0.0856 e. The average molecular weight is 144 g/mol. The van der Waals surface area contributed by atoms with Gasteiger partial charge in [-0.3, -0.25) is 0 Å². The molecule has 0 aliphatic heterocycles. The standard InChI is InChI=1S/C9H22N/c1-7-9(4)10(5,6)8(2)3/h8-9H,7H2,1-6H3/q+1. The molecule has 0 saturated heterocycles. The molecule has 0 fully saturated rings. The zero-order valence-corrected chi connectivity index (χ0v) is 8.31. The average Bonchev–Trinajstić information content (AvgIpc) is 1.86. The maximum absolute atomic E-state index is 2.32. The van der Waals surface area contributed by atoms with E-state index in [-0.39, 0.29) is 0 Å². The van der Waals surface area contributed by atoms with E-state index in [1.165, 1.54) is 6.42 Å². The van der Waals surface area contributed by atoms with Gasteiger partial charge in [-0.05, 0) is 27.2 Å². The molecule has 0 bridgehead atoms. The van der Waals surface area contributed by atoms with Crippen molar-refractivity contribution < 1.29 is 4.48 Å². The van der Waals surface area contributed by atoms with Crippen LogP contribution in [0.15, 0.2) is 0 Å². The second kappa shape index (κ2) is 3.38. The molecule has 1 heteroatoms. The summed E-state index contributed by atoms with van der Waals surface area (Å²) in [5.41, 5.74) is 0. The van der Waals surface area contributed by atoms with Gasteiger partial charge in [-0.25, -0.2) is 0 Å². The van der Waals surface area contributed by atoms with Crippen molar-refractivity contribution in [1.29, 1.82) is 0 Å². The van der Waals surface area contributed by atoms with E-state index in [1.807, 2.05) is 0 Å². The van der Waals surface area contributed by atoms with Crippen molar-refractivity contribution >= 4 is 0 Å². The summed E-state index contributed by atoms with van der Waals surface area (Å²) in [7, 11) is 4.61. The Morgan fingerprint density at radius 2 is 1.50 bits per heavy atom. The first-order valence-electron chi connectivity index (χ1n) is 4.26. The Morgan fingerprint density at radius 1 is 1.10 bits per heavy atom. The van der Waals surface area contributed by atoms with Crippen molar-refractivity contribution in [3.63, 3.8) is 0 Å². The zero-order valence-electron chi connectivity index (χ0n) is 8.31. The van der Waals surface area contributed by atoms with E-state index < -0.39 is 0 Å². The molecule has 0 aliphatic carbocycles. The molecule has 0 aliphatic rings. The number of hydrogen-bond donors (Lipinski definition) is 0. The molecule has 1 unspecified atom stereocenters. The predicted molar refractivity (Wildman–Crippen MR) is 47.0 cm³/mol. The van der Waals surface area contributed by atoms with E-state index in [4.69, 9.17) is 0 Å². The van der Waals surface area contributed by atoms with Crippen molar-refractivity contribution in [3.05, 3.63) is 0 Å². The van der Waals surface area contributed by atoms with Gasteiger partial charge in [0.15, 0.2) is 0 Å². The van der Waals surface area contributed by atoms with Crippen LogP contribution in [-0.4, -0.2) is 30.7 Å². The molecule has 62 valence electrons. The van der Waals surface area contributed by atoms with Gasteiger partial charge in [0.25, 0.3) is 0 Å². The van der Waals surface area contributed by atoms with Gasteiger partial charge in [0.2, 0.25) is 0 Å². The summed E-state index contributed by atoms with van der Waals surface area (Å²) in [6.45, 7) is 9.14. The monoisotopic (exact) mass is 144 g/mol. The highest BCUT2D eigenvalue weighted by atomic mass is 15.3. The SMILES string of the molecule is CCC(C)[N+](C)(C)C(C)C. The van der Waals surface area contributed by atoms with E-state index in [0.717, 1.165) is 16.6 Å². The van der Waals surface area contributed by atoms with Crippen LogP contribution in [0.5, 0.6) is 0 Å². The summed E-state index contributed by atoms with van der Waals surface area (Å²) in [6, 6.07) is 1.51. The third kappa shape index (κ3) is 1.98. The van der Waals surface area contributed by atoms with Gasteiger partial charge in [-0.1, -0.05) is 6.92 Å². The quantitative estimate of drug-likeness (QED) is 0.533. The van der Waals surface area contributed by atoms with Crippen LogP contribution >= 0.6 is 0 Å². The summed E-state index contributed by atoms with van der Waals surface area (Å²) >= 11 is 0. The number of rotatable bonds is 3. The summed E-state index contributed by atoms with van der Waals surface area (Å²) in [4.78, 5) is 0. The number of nitrogens with zero attached hydrogens (tertiary/aromatic N) is 1. The van der Waals surface area contributed by atoms with Gasteiger partial charge in [-0.2, -0.15) is 0 Å². The van der Waals surface area contributed by atoms with E-state index in [2.05, 4.69) is 41.8 Å². The van der Waals surface area contributed by atoms with Gasteiger partial charge < -0.3 is 4.48 Å². The third-order valence-corrected chi connectivity index (χ3v) is 3.06. The van der Waals surface area contributed by atoms with Crippen molar-refractivity contribution in [2.24, 2.45) is 0 Å². The minimum absolute atomic E-state index is 0.731. The fraction of sp³-hybridized carbons (Fsp3) is 1.00. The number of quaternary nitrogens is 1. The lowest BCUT2D eigenvalue weighted by Crippen LogP contribution is -2.51.